The fourth-order valence-electron chi connectivity index (χ4n) is 1.40. The Hall–Kier alpha value is -1.75. The molecule has 0 bridgehead atoms. The van der Waals surface area contributed by atoms with Gasteiger partial charge in [0.05, 0.1) is 0 Å². The largest absolute Gasteiger partial charge is 0.409 e. The number of carbonyl (C=O) groups is 1. The lowest BCUT2D eigenvalue weighted by Crippen LogP contribution is -2.34. The minimum atomic E-state index is -0.238. The van der Waals surface area contributed by atoms with Crippen LogP contribution in [0, 0.1) is 12.8 Å². The number of nitrogens with one attached hydrogen (secondary N) is 1. The summed E-state index contributed by atoms with van der Waals surface area (Å²) in [6, 6.07) is 5.15. The van der Waals surface area contributed by atoms with Crippen LogP contribution in [-0.4, -0.2) is 23.5 Å². The van der Waals surface area contributed by atoms with E-state index in [0.29, 0.717) is 17.1 Å². The van der Waals surface area contributed by atoms with E-state index < -0.39 is 0 Å². The summed E-state index contributed by atoms with van der Waals surface area (Å²) in [7, 11) is 0. The first kappa shape index (κ1) is 14.3. The molecule has 1 aromatic rings. The molecule has 1 aromatic carbocycles. The quantitative estimate of drug-likeness (QED) is 0.337. The topological polar surface area (TPSA) is 87.7 Å². The Morgan fingerprint density at radius 1 is 1.61 bits per heavy atom. The molecule has 1 amide bonds. The van der Waals surface area contributed by atoms with Gasteiger partial charge < -0.3 is 16.3 Å². The van der Waals surface area contributed by atoms with Gasteiger partial charge in [-0.15, -0.1) is 0 Å². The van der Waals surface area contributed by atoms with Gasteiger partial charge in [-0.3, -0.25) is 4.79 Å². The van der Waals surface area contributed by atoms with Crippen molar-refractivity contribution in [3.8, 4) is 0 Å². The molecule has 18 heavy (non-hydrogen) atoms. The van der Waals surface area contributed by atoms with E-state index in [1.165, 1.54) is 0 Å². The fraction of sp³-hybridized carbons (Fsp3) is 0.333. The first-order valence-corrected chi connectivity index (χ1v) is 5.86. The molecule has 6 heteroatoms. The lowest BCUT2D eigenvalue weighted by molar-refractivity contribution is 0.0950. The molecule has 0 saturated heterocycles. The van der Waals surface area contributed by atoms with Crippen molar-refractivity contribution >= 4 is 23.3 Å². The van der Waals surface area contributed by atoms with Gasteiger partial charge >= 0.3 is 0 Å². The molecule has 0 aromatic heterocycles. The van der Waals surface area contributed by atoms with E-state index in [1.54, 1.807) is 32.0 Å². The number of carbonyl (C=O) groups excluding carboxylic acids is 1. The van der Waals surface area contributed by atoms with Crippen molar-refractivity contribution < 1.29 is 10.0 Å². The zero-order valence-electron chi connectivity index (χ0n) is 10.3. The van der Waals surface area contributed by atoms with Crippen LogP contribution in [0.3, 0.4) is 0 Å². The summed E-state index contributed by atoms with van der Waals surface area (Å²) in [6.45, 7) is 3.82. The summed E-state index contributed by atoms with van der Waals surface area (Å²) < 4.78 is 0. The lowest BCUT2D eigenvalue weighted by atomic mass is 10.1. The molecule has 0 aliphatic carbocycles. The number of amidine groups is 1. The van der Waals surface area contributed by atoms with Crippen LogP contribution in [0.2, 0.25) is 5.02 Å². The van der Waals surface area contributed by atoms with Gasteiger partial charge in [0.1, 0.15) is 5.84 Å². The van der Waals surface area contributed by atoms with Gasteiger partial charge in [-0.25, -0.2) is 0 Å². The van der Waals surface area contributed by atoms with Gasteiger partial charge in [0.25, 0.3) is 5.91 Å². The standard InChI is InChI=1S/C12H16ClN3O2/c1-7(11(14)16-18)6-15-12(17)9-4-3-5-10(13)8(9)2/h3-5,7,18H,6H2,1-2H3,(H2,14,16)(H,15,17). The first-order chi connectivity index (χ1) is 8.47. The van der Waals surface area contributed by atoms with Gasteiger partial charge in [0.2, 0.25) is 0 Å². The first-order valence-electron chi connectivity index (χ1n) is 5.48. The van der Waals surface area contributed by atoms with E-state index >= 15 is 0 Å². The van der Waals surface area contributed by atoms with Crippen molar-refractivity contribution in [1.29, 1.82) is 0 Å². The Bertz CT molecular complexity index is 474. The maximum atomic E-state index is 11.9. The number of hydrogen-bond donors (Lipinski definition) is 3. The highest BCUT2D eigenvalue weighted by Crippen LogP contribution is 2.18. The predicted molar refractivity (Wildman–Crippen MR) is 71.1 cm³/mol. The summed E-state index contributed by atoms with van der Waals surface area (Å²) in [5.74, 6) is -0.385. The molecule has 98 valence electrons. The molecule has 0 radical (unpaired) electrons. The number of hydrogen-bond acceptors (Lipinski definition) is 3. The minimum absolute atomic E-state index is 0.0816. The van der Waals surface area contributed by atoms with Crippen LogP contribution in [0.25, 0.3) is 0 Å². The summed E-state index contributed by atoms with van der Waals surface area (Å²) in [5, 5.41) is 14.7. The van der Waals surface area contributed by atoms with E-state index in [1.807, 2.05) is 0 Å². The molecule has 0 heterocycles. The van der Waals surface area contributed by atoms with Crippen LogP contribution < -0.4 is 11.1 Å². The van der Waals surface area contributed by atoms with Gasteiger partial charge in [0, 0.05) is 23.0 Å². The second-order valence-corrected chi connectivity index (χ2v) is 4.46. The zero-order valence-corrected chi connectivity index (χ0v) is 11.0. The predicted octanol–water partition coefficient (Wildman–Crippen LogP) is 1.76. The Balaban J connectivity index is 2.69. The van der Waals surface area contributed by atoms with Crippen molar-refractivity contribution in [1.82, 2.24) is 5.32 Å². The highest BCUT2D eigenvalue weighted by molar-refractivity contribution is 6.31. The molecule has 0 saturated carbocycles. The third kappa shape index (κ3) is 3.37. The second kappa shape index (κ2) is 6.26. The molecule has 0 aliphatic heterocycles. The molecule has 1 rings (SSSR count). The average molecular weight is 270 g/mol. The van der Waals surface area contributed by atoms with Crippen molar-refractivity contribution in [3.63, 3.8) is 0 Å². The second-order valence-electron chi connectivity index (χ2n) is 4.05. The molecule has 1 unspecified atom stereocenters. The van der Waals surface area contributed by atoms with E-state index in [-0.39, 0.29) is 17.7 Å². The molecule has 1 atom stereocenters. The van der Waals surface area contributed by atoms with E-state index in [9.17, 15) is 4.79 Å². The number of oxime groups is 1. The maximum absolute atomic E-state index is 11.9. The van der Waals surface area contributed by atoms with Gasteiger partial charge in [-0.1, -0.05) is 29.7 Å². The Morgan fingerprint density at radius 2 is 2.28 bits per heavy atom. The van der Waals surface area contributed by atoms with E-state index in [0.717, 1.165) is 5.56 Å². The zero-order chi connectivity index (χ0) is 13.7. The Kier molecular flexibility index (Phi) is 4.97. The Labute approximate surface area is 111 Å². The van der Waals surface area contributed by atoms with Crippen LogP contribution >= 0.6 is 11.6 Å². The minimum Gasteiger partial charge on any atom is -0.409 e. The molecule has 5 nitrogen and oxygen atoms in total. The Morgan fingerprint density at radius 3 is 2.89 bits per heavy atom. The van der Waals surface area contributed by atoms with Gasteiger partial charge in [0.15, 0.2) is 0 Å². The summed E-state index contributed by atoms with van der Waals surface area (Å²) in [4.78, 5) is 11.9. The number of nitrogens with two attached hydrogens (primary N) is 1. The number of rotatable bonds is 4. The number of benzene rings is 1. The lowest BCUT2D eigenvalue weighted by Gasteiger charge is -2.12. The molecule has 4 N–H and O–H groups in total. The highest BCUT2D eigenvalue weighted by Gasteiger charge is 2.13. The SMILES string of the molecule is Cc1c(Cl)cccc1C(=O)NCC(C)/C(N)=N/O. The van der Waals surface area contributed by atoms with Crippen molar-refractivity contribution in [2.45, 2.75) is 13.8 Å². The molecular weight excluding hydrogens is 254 g/mol. The normalized spacial score (nSPS) is 13.2. The maximum Gasteiger partial charge on any atom is 0.251 e. The number of amides is 1. The molecule has 0 spiro atoms. The molecule has 0 fully saturated rings. The molecular formula is C12H16ClN3O2. The van der Waals surface area contributed by atoms with Crippen LogP contribution in [0.4, 0.5) is 0 Å². The van der Waals surface area contributed by atoms with E-state index in [4.69, 9.17) is 22.5 Å². The van der Waals surface area contributed by atoms with Crippen LogP contribution in [0.5, 0.6) is 0 Å². The third-order valence-electron chi connectivity index (χ3n) is 2.70. The van der Waals surface area contributed by atoms with Crippen molar-refractivity contribution in [2.75, 3.05) is 6.54 Å². The summed E-state index contributed by atoms with van der Waals surface area (Å²) in [5.41, 5.74) is 6.68. The van der Waals surface area contributed by atoms with Crippen molar-refractivity contribution in [3.05, 3.63) is 34.3 Å². The fourth-order valence-corrected chi connectivity index (χ4v) is 1.57. The highest BCUT2D eigenvalue weighted by atomic mass is 35.5. The average Bonchev–Trinajstić information content (AvgIpc) is 2.37. The third-order valence-corrected chi connectivity index (χ3v) is 3.11. The van der Waals surface area contributed by atoms with Gasteiger partial charge in [-0.2, -0.15) is 0 Å². The smallest absolute Gasteiger partial charge is 0.251 e. The van der Waals surface area contributed by atoms with Crippen molar-refractivity contribution in [2.24, 2.45) is 16.8 Å². The number of halogens is 1. The summed E-state index contributed by atoms with van der Waals surface area (Å²) >= 11 is 5.94. The summed E-state index contributed by atoms with van der Waals surface area (Å²) in [6.07, 6.45) is 0. The molecule has 0 aliphatic rings. The van der Waals surface area contributed by atoms with E-state index in [2.05, 4.69) is 10.5 Å². The monoisotopic (exact) mass is 269 g/mol. The van der Waals surface area contributed by atoms with Gasteiger partial charge in [-0.05, 0) is 24.6 Å². The number of nitrogens with zero attached hydrogens (tertiary/aromatic N) is 1. The van der Waals surface area contributed by atoms with Crippen LogP contribution in [-0.2, 0) is 0 Å². The van der Waals surface area contributed by atoms with Crippen LogP contribution in [0.15, 0.2) is 23.4 Å². The van der Waals surface area contributed by atoms with Crippen LogP contribution in [0.1, 0.15) is 22.8 Å².